The lowest BCUT2D eigenvalue weighted by molar-refractivity contribution is 0.0978. The number of rotatable bonds is 2. The molecule has 0 saturated carbocycles. The Morgan fingerprint density at radius 2 is 1.67 bits per heavy atom. The molecule has 0 bridgehead atoms. The predicted molar refractivity (Wildman–Crippen MR) is 111 cm³/mol. The minimum absolute atomic E-state index is 0.00570. The summed E-state index contributed by atoms with van der Waals surface area (Å²) in [5.41, 5.74) is 4.28. The molecule has 3 aromatic carbocycles. The van der Waals surface area contributed by atoms with Crippen LogP contribution in [-0.4, -0.2) is 17.7 Å². The molecule has 4 rings (SSSR count). The first-order chi connectivity index (χ1) is 13.1. The van der Waals surface area contributed by atoms with Crippen molar-refractivity contribution in [2.45, 2.75) is 19.4 Å². The molecule has 0 spiro atoms. The largest absolute Gasteiger partial charge is 0.305 e. The predicted octanol–water partition coefficient (Wildman–Crippen LogP) is 5.90. The third kappa shape index (κ3) is 3.51. The van der Waals surface area contributed by atoms with Crippen LogP contribution in [0.3, 0.4) is 0 Å². The summed E-state index contributed by atoms with van der Waals surface area (Å²) < 4.78 is 0. The van der Waals surface area contributed by atoms with E-state index in [4.69, 9.17) is 16.6 Å². The third-order valence-electron chi connectivity index (χ3n) is 4.72. The molecule has 4 heteroatoms. The summed E-state index contributed by atoms with van der Waals surface area (Å²) in [5.74, 6) is -0.00886. The van der Waals surface area contributed by atoms with Gasteiger partial charge in [0.05, 0.1) is 17.1 Å². The van der Waals surface area contributed by atoms with Crippen molar-refractivity contribution in [2.75, 3.05) is 4.90 Å². The third-order valence-corrected chi connectivity index (χ3v) is 4.95. The maximum Gasteiger partial charge on any atom is 0.258 e. The molecule has 1 amide bonds. The fourth-order valence-electron chi connectivity index (χ4n) is 3.46. The number of carbonyl (C=O) groups excluding carboxylic acids is 1. The van der Waals surface area contributed by atoms with Gasteiger partial charge in [-0.2, -0.15) is 0 Å². The number of para-hydroxylation sites is 1. The average Bonchev–Trinajstić information content (AvgIpc) is 2.69. The number of hydrogen-bond acceptors (Lipinski definition) is 2. The fraction of sp³-hybridized carbons (Fsp3) is 0.130. The number of nitrogens with zero attached hydrogens (tertiary/aromatic N) is 2. The first kappa shape index (κ1) is 17.5. The van der Waals surface area contributed by atoms with Crippen molar-refractivity contribution in [3.8, 4) is 0 Å². The Balaban J connectivity index is 1.81. The Hall–Kier alpha value is -2.91. The standard InChI is InChI=1S/C23H19ClN2O/c1-16-14-21(25-19-10-6-3-7-11-19)20-15-18(24)12-13-22(20)26(16)23(27)17-8-4-2-5-9-17/h2-13,15-16H,14H2,1H3. The molecule has 1 heterocycles. The highest BCUT2D eigenvalue weighted by molar-refractivity contribution is 6.31. The molecule has 0 saturated heterocycles. The lowest BCUT2D eigenvalue weighted by Gasteiger charge is -2.36. The summed E-state index contributed by atoms with van der Waals surface area (Å²) in [4.78, 5) is 19.9. The van der Waals surface area contributed by atoms with Gasteiger partial charge in [-0.05, 0) is 49.4 Å². The van der Waals surface area contributed by atoms with Gasteiger partial charge in [0.1, 0.15) is 0 Å². The molecule has 1 unspecified atom stereocenters. The van der Waals surface area contributed by atoms with Crippen LogP contribution in [-0.2, 0) is 0 Å². The highest BCUT2D eigenvalue weighted by Crippen LogP contribution is 2.35. The Morgan fingerprint density at radius 1 is 1.00 bits per heavy atom. The molecule has 3 aromatic rings. The van der Waals surface area contributed by atoms with E-state index in [0.717, 1.165) is 22.6 Å². The number of hydrogen-bond donors (Lipinski definition) is 0. The van der Waals surface area contributed by atoms with Crippen LogP contribution in [0.2, 0.25) is 5.02 Å². The van der Waals surface area contributed by atoms with Gasteiger partial charge in [0.2, 0.25) is 0 Å². The molecular weight excluding hydrogens is 356 g/mol. The highest BCUT2D eigenvalue weighted by Gasteiger charge is 2.32. The molecule has 0 aliphatic carbocycles. The van der Waals surface area contributed by atoms with Crippen molar-refractivity contribution in [1.82, 2.24) is 0 Å². The highest BCUT2D eigenvalue weighted by atomic mass is 35.5. The fourth-order valence-corrected chi connectivity index (χ4v) is 3.63. The number of benzene rings is 3. The van der Waals surface area contributed by atoms with Crippen LogP contribution in [0.4, 0.5) is 11.4 Å². The van der Waals surface area contributed by atoms with Crippen molar-refractivity contribution in [2.24, 2.45) is 4.99 Å². The summed E-state index contributed by atoms with van der Waals surface area (Å²) >= 11 is 6.27. The second-order valence-corrected chi connectivity index (χ2v) is 7.09. The summed E-state index contributed by atoms with van der Waals surface area (Å²) in [7, 11) is 0. The number of carbonyl (C=O) groups is 1. The van der Waals surface area contributed by atoms with Gasteiger partial charge in [-0.25, -0.2) is 0 Å². The zero-order valence-corrected chi connectivity index (χ0v) is 15.7. The summed E-state index contributed by atoms with van der Waals surface area (Å²) in [5, 5.41) is 0.635. The summed E-state index contributed by atoms with van der Waals surface area (Å²) in [6.45, 7) is 2.05. The summed E-state index contributed by atoms with van der Waals surface area (Å²) in [6, 6.07) is 24.9. The van der Waals surface area contributed by atoms with E-state index < -0.39 is 0 Å². The van der Waals surface area contributed by atoms with E-state index in [9.17, 15) is 4.79 Å². The number of fused-ring (bicyclic) bond motifs is 1. The minimum atomic E-state index is -0.00886. The van der Waals surface area contributed by atoms with Crippen LogP contribution in [0.1, 0.15) is 29.3 Å². The Labute approximate surface area is 163 Å². The monoisotopic (exact) mass is 374 g/mol. The molecule has 0 N–H and O–H groups in total. The summed E-state index contributed by atoms with van der Waals surface area (Å²) in [6.07, 6.45) is 0.667. The van der Waals surface area contributed by atoms with Gasteiger partial charge in [-0.15, -0.1) is 0 Å². The van der Waals surface area contributed by atoms with Crippen molar-refractivity contribution in [3.63, 3.8) is 0 Å². The minimum Gasteiger partial charge on any atom is -0.305 e. The van der Waals surface area contributed by atoms with Gasteiger partial charge < -0.3 is 4.90 Å². The molecule has 1 aliphatic heterocycles. The number of amides is 1. The van der Waals surface area contributed by atoms with Crippen molar-refractivity contribution >= 4 is 34.6 Å². The second kappa shape index (κ2) is 7.37. The average molecular weight is 375 g/mol. The topological polar surface area (TPSA) is 32.7 Å². The van der Waals surface area contributed by atoms with Gasteiger partial charge in [0.25, 0.3) is 5.91 Å². The molecule has 27 heavy (non-hydrogen) atoms. The molecule has 0 fully saturated rings. The van der Waals surface area contributed by atoms with Crippen molar-refractivity contribution in [3.05, 3.63) is 95.0 Å². The maximum absolute atomic E-state index is 13.2. The Kier molecular flexibility index (Phi) is 4.78. The number of aliphatic imine (C=N–C) groups is 1. The van der Waals surface area contributed by atoms with E-state index in [1.54, 1.807) is 0 Å². The van der Waals surface area contributed by atoms with Crippen LogP contribution in [0, 0.1) is 0 Å². The van der Waals surface area contributed by atoms with Crippen molar-refractivity contribution in [1.29, 1.82) is 0 Å². The van der Waals surface area contributed by atoms with Gasteiger partial charge >= 0.3 is 0 Å². The molecule has 0 radical (unpaired) electrons. The SMILES string of the molecule is CC1CC(=Nc2ccccc2)c2cc(Cl)ccc2N1C(=O)c1ccccc1. The van der Waals surface area contributed by atoms with E-state index in [1.165, 1.54) is 0 Å². The maximum atomic E-state index is 13.2. The first-order valence-electron chi connectivity index (χ1n) is 8.94. The zero-order chi connectivity index (χ0) is 18.8. The second-order valence-electron chi connectivity index (χ2n) is 6.65. The molecule has 134 valence electrons. The van der Waals surface area contributed by atoms with Crippen LogP contribution in [0.25, 0.3) is 0 Å². The first-order valence-corrected chi connectivity index (χ1v) is 9.32. The molecule has 0 aromatic heterocycles. The Morgan fingerprint density at radius 3 is 2.37 bits per heavy atom. The number of halogens is 1. The molecular formula is C23H19ClN2O. The van der Waals surface area contributed by atoms with Crippen LogP contribution in [0.5, 0.6) is 0 Å². The lowest BCUT2D eigenvalue weighted by Crippen LogP contribution is -2.44. The molecule has 1 atom stereocenters. The van der Waals surface area contributed by atoms with Crippen LogP contribution >= 0.6 is 11.6 Å². The normalized spacial score (nSPS) is 17.6. The molecule has 1 aliphatic rings. The van der Waals surface area contributed by atoms with Crippen LogP contribution < -0.4 is 4.90 Å². The van der Waals surface area contributed by atoms with E-state index in [2.05, 4.69) is 6.92 Å². The van der Waals surface area contributed by atoms with E-state index in [-0.39, 0.29) is 11.9 Å². The lowest BCUT2D eigenvalue weighted by atomic mass is 9.93. The quantitative estimate of drug-likeness (QED) is 0.549. The smallest absolute Gasteiger partial charge is 0.258 e. The van der Waals surface area contributed by atoms with Crippen LogP contribution in [0.15, 0.2) is 83.9 Å². The van der Waals surface area contributed by atoms with Gasteiger partial charge in [0.15, 0.2) is 0 Å². The Bertz CT molecular complexity index is 999. The van der Waals surface area contributed by atoms with Gasteiger partial charge in [-0.1, -0.05) is 48.0 Å². The van der Waals surface area contributed by atoms with E-state index >= 15 is 0 Å². The van der Waals surface area contributed by atoms with Gasteiger partial charge in [-0.3, -0.25) is 9.79 Å². The zero-order valence-electron chi connectivity index (χ0n) is 15.0. The van der Waals surface area contributed by atoms with Crippen molar-refractivity contribution < 1.29 is 4.79 Å². The van der Waals surface area contributed by atoms with E-state index in [0.29, 0.717) is 17.0 Å². The number of anilines is 1. The van der Waals surface area contributed by atoms with Gasteiger partial charge in [0, 0.05) is 28.6 Å². The molecule has 3 nitrogen and oxygen atoms in total. The van der Waals surface area contributed by atoms with E-state index in [1.807, 2.05) is 83.8 Å².